The van der Waals surface area contributed by atoms with Crippen LogP contribution in [0.3, 0.4) is 0 Å². The van der Waals surface area contributed by atoms with E-state index >= 15 is 0 Å². The van der Waals surface area contributed by atoms with Gasteiger partial charge in [-0.05, 0) is 58.7 Å². The minimum absolute atomic E-state index is 0.188. The Morgan fingerprint density at radius 2 is 1.16 bits per heavy atom. The van der Waals surface area contributed by atoms with Crippen molar-refractivity contribution in [1.29, 1.82) is 0 Å². The summed E-state index contributed by atoms with van der Waals surface area (Å²) in [5.41, 5.74) is -3.42. The van der Waals surface area contributed by atoms with Crippen molar-refractivity contribution in [3.05, 3.63) is 111 Å². The van der Waals surface area contributed by atoms with Crippen molar-refractivity contribution in [2.75, 3.05) is 9.80 Å². The third-order valence-corrected chi connectivity index (χ3v) is 8.55. The Balaban J connectivity index is 1.42. The van der Waals surface area contributed by atoms with E-state index in [2.05, 4.69) is 15.2 Å². The van der Waals surface area contributed by atoms with Gasteiger partial charge in [0, 0.05) is 34.9 Å². The van der Waals surface area contributed by atoms with Crippen LogP contribution in [0, 0.1) is 0 Å². The quantitative estimate of drug-likeness (QED) is 0.147. The number of halogens is 6. The minimum Gasteiger partial charge on any atom is -0.317 e. The molecule has 2 amide bonds. The zero-order chi connectivity index (χ0) is 35.7. The Morgan fingerprint density at radius 1 is 0.680 bits per heavy atom. The molecule has 5 aromatic rings. The smallest absolute Gasteiger partial charge is 0.317 e. The molecular weight excluding hydrogens is 670 g/mol. The van der Waals surface area contributed by atoms with Crippen molar-refractivity contribution in [2.24, 2.45) is 7.05 Å². The average Bonchev–Trinajstić information content (AvgIpc) is 3.77. The van der Waals surface area contributed by atoms with Crippen LogP contribution < -0.4 is 9.80 Å². The lowest BCUT2D eigenvalue weighted by Crippen LogP contribution is -2.28. The molecular formula is C34H20F6N6O4. The van der Waals surface area contributed by atoms with E-state index in [1.165, 1.54) is 18.5 Å². The van der Waals surface area contributed by atoms with Crippen molar-refractivity contribution in [3.8, 4) is 22.5 Å². The zero-order valence-electron chi connectivity index (χ0n) is 25.5. The van der Waals surface area contributed by atoms with Gasteiger partial charge in [0.15, 0.2) is 5.82 Å². The predicted molar refractivity (Wildman–Crippen MR) is 164 cm³/mol. The largest absolute Gasteiger partial charge is 0.416 e. The van der Waals surface area contributed by atoms with E-state index in [1.807, 2.05) is 0 Å². The second-order valence-corrected chi connectivity index (χ2v) is 11.6. The number of aldehydes is 2. The summed E-state index contributed by atoms with van der Waals surface area (Å²) in [6, 6.07) is 12.9. The first kappa shape index (κ1) is 32.4. The third-order valence-electron chi connectivity index (χ3n) is 8.55. The number of nitrogens with zero attached hydrogens (tertiary/aromatic N) is 6. The molecule has 2 aliphatic heterocycles. The number of aromatic nitrogens is 4. The highest BCUT2D eigenvalue weighted by Crippen LogP contribution is 2.43. The summed E-state index contributed by atoms with van der Waals surface area (Å²) < 4.78 is 86.2. The van der Waals surface area contributed by atoms with E-state index in [1.54, 1.807) is 35.9 Å². The number of hydrogen-bond donors (Lipinski definition) is 0. The van der Waals surface area contributed by atoms with E-state index < -0.39 is 59.5 Å². The number of alkyl halides is 6. The molecule has 0 atom stereocenters. The van der Waals surface area contributed by atoms with Gasteiger partial charge in [0.2, 0.25) is 0 Å². The second kappa shape index (κ2) is 11.5. The molecule has 0 saturated carbocycles. The number of fused-ring (bicyclic) bond motifs is 2. The zero-order valence-corrected chi connectivity index (χ0v) is 25.5. The van der Waals surface area contributed by atoms with Crippen molar-refractivity contribution in [3.63, 3.8) is 0 Å². The lowest BCUT2D eigenvalue weighted by Gasteiger charge is -2.22. The summed E-state index contributed by atoms with van der Waals surface area (Å²) >= 11 is 0. The van der Waals surface area contributed by atoms with Crippen molar-refractivity contribution >= 4 is 36.0 Å². The fraction of sp³-hybridized carbons (Fsp3) is 0.147. The van der Waals surface area contributed by atoms with Gasteiger partial charge in [-0.1, -0.05) is 24.3 Å². The average molecular weight is 691 g/mol. The molecule has 0 bridgehead atoms. The maximum Gasteiger partial charge on any atom is 0.416 e. The highest BCUT2D eigenvalue weighted by Gasteiger charge is 2.43. The van der Waals surface area contributed by atoms with Gasteiger partial charge in [-0.15, -0.1) is 10.2 Å². The van der Waals surface area contributed by atoms with Gasteiger partial charge >= 0.3 is 12.4 Å². The molecule has 3 aromatic carbocycles. The number of anilines is 2. The van der Waals surface area contributed by atoms with Crippen molar-refractivity contribution in [2.45, 2.75) is 25.4 Å². The number of pyridine rings is 1. The van der Waals surface area contributed by atoms with Crippen LogP contribution in [-0.4, -0.2) is 44.1 Å². The molecule has 50 heavy (non-hydrogen) atoms. The van der Waals surface area contributed by atoms with Gasteiger partial charge < -0.3 is 4.57 Å². The van der Waals surface area contributed by atoms with Gasteiger partial charge in [-0.2, -0.15) is 26.3 Å². The van der Waals surface area contributed by atoms with E-state index in [-0.39, 0.29) is 52.0 Å². The first-order valence-electron chi connectivity index (χ1n) is 14.7. The predicted octanol–water partition coefficient (Wildman–Crippen LogP) is 6.53. The number of amides is 2. The van der Waals surface area contributed by atoms with Gasteiger partial charge in [-0.3, -0.25) is 29.0 Å². The Bertz CT molecular complexity index is 2170. The SMILES string of the molecule is Cn1cnnc1-c1ccccc1-c1cc(N2Cc3c(cc(C=O)cc3C(F)(F)F)C2=O)nc(N2Cc3c(cc(C=O)cc3C(F)(F)F)C2=O)c1. The van der Waals surface area contributed by atoms with Gasteiger partial charge in [0.25, 0.3) is 11.8 Å². The summed E-state index contributed by atoms with van der Waals surface area (Å²) in [6.07, 6.45) is -8.01. The Kier molecular flexibility index (Phi) is 7.42. The maximum absolute atomic E-state index is 14.1. The molecule has 7 rings (SSSR count). The van der Waals surface area contributed by atoms with E-state index in [4.69, 9.17) is 0 Å². The lowest BCUT2D eigenvalue weighted by molar-refractivity contribution is -0.139. The maximum atomic E-state index is 14.1. The van der Waals surface area contributed by atoms with Crippen LogP contribution in [0.25, 0.3) is 22.5 Å². The number of carbonyl (C=O) groups is 4. The number of hydrogen-bond acceptors (Lipinski definition) is 7. The standard InChI is InChI=1S/C34H20F6N6O4/c1-44-16-41-43-30(44)21-5-3-2-4-20(21)19-10-28(45-12-24-22(31(45)49)6-17(14-47)8-26(24)33(35,36)37)42-29(11-19)46-13-25-23(32(46)50)7-18(15-48)9-27(25)34(38,39)40/h2-11,14-16H,12-13H2,1H3. The molecule has 252 valence electrons. The first-order valence-corrected chi connectivity index (χ1v) is 14.7. The first-order chi connectivity index (χ1) is 23.7. The third kappa shape index (κ3) is 5.28. The molecule has 0 N–H and O–H groups in total. The van der Waals surface area contributed by atoms with Crippen LogP contribution in [-0.2, 0) is 32.5 Å². The van der Waals surface area contributed by atoms with Gasteiger partial charge in [-0.25, -0.2) is 4.98 Å². The molecule has 0 aliphatic carbocycles. The molecule has 16 heteroatoms. The molecule has 0 fully saturated rings. The minimum atomic E-state index is -4.92. The van der Waals surface area contributed by atoms with Crippen LogP contribution in [0.2, 0.25) is 0 Å². The fourth-order valence-electron chi connectivity index (χ4n) is 6.26. The summed E-state index contributed by atoms with van der Waals surface area (Å²) in [4.78, 5) is 56.8. The highest BCUT2D eigenvalue weighted by molar-refractivity contribution is 6.13. The van der Waals surface area contributed by atoms with Gasteiger partial charge in [0.1, 0.15) is 30.5 Å². The van der Waals surface area contributed by atoms with Crippen LogP contribution in [0.1, 0.15) is 63.7 Å². The van der Waals surface area contributed by atoms with Crippen LogP contribution in [0.15, 0.2) is 67.0 Å². The molecule has 2 aromatic heterocycles. The number of carbonyl (C=O) groups excluding carboxylic acids is 4. The van der Waals surface area contributed by atoms with E-state index in [9.17, 15) is 45.5 Å². The molecule has 2 aliphatic rings. The molecule has 4 heterocycles. The number of benzene rings is 3. The monoisotopic (exact) mass is 690 g/mol. The second-order valence-electron chi connectivity index (χ2n) is 11.6. The summed E-state index contributed by atoms with van der Waals surface area (Å²) in [5, 5.41) is 8.05. The normalized spacial score (nSPS) is 14.3. The Morgan fingerprint density at radius 3 is 1.58 bits per heavy atom. The molecule has 0 saturated heterocycles. The molecule has 10 nitrogen and oxygen atoms in total. The van der Waals surface area contributed by atoms with Crippen LogP contribution in [0.5, 0.6) is 0 Å². The number of aryl methyl sites for hydroxylation is 1. The topological polar surface area (TPSA) is 118 Å². The molecule has 0 radical (unpaired) electrons. The lowest BCUT2D eigenvalue weighted by atomic mass is 9.99. The van der Waals surface area contributed by atoms with Crippen molar-refractivity contribution in [1.82, 2.24) is 19.7 Å². The highest BCUT2D eigenvalue weighted by atomic mass is 19.4. The number of rotatable bonds is 6. The van der Waals surface area contributed by atoms with Crippen LogP contribution in [0.4, 0.5) is 38.0 Å². The Hall–Kier alpha value is -6.19. The summed E-state index contributed by atoms with van der Waals surface area (Å²) in [6.45, 7) is -1.23. The van der Waals surface area contributed by atoms with Gasteiger partial charge in [0.05, 0.1) is 24.2 Å². The Labute approximate surface area is 277 Å². The molecule has 0 spiro atoms. The fourth-order valence-corrected chi connectivity index (χ4v) is 6.26. The van der Waals surface area contributed by atoms with Crippen molar-refractivity contribution < 1.29 is 45.5 Å². The van der Waals surface area contributed by atoms with E-state index in [0.29, 0.717) is 29.1 Å². The van der Waals surface area contributed by atoms with Crippen LogP contribution >= 0.6 is 0 Å². The van der Waals surface area contributed by atoms with E-state index in [0.717, 1.165) is 21.9 Å². The molecule has 0 unspecified atom stereocenters. The summed E-state index contributed by atoms with van der Waals surface area (Å²) in [5.74, 6) is -1.88. The summed E-state index contributed by atoms with van der Waals surface area (Å²) in [7, 11) is 1.69.